The summed E-state index contributed by atoms with van der Waals surface area (Å²) >= 11 is 0. The van der Waals surface area contributed by atoms with Crippen LogP contribution in [0.25, 0.3) is 0 Å². The third kappa shape index (κ3) is 4.26. The average molecular weight is 318 g/mol. The van der Waals surface area contributed by atoms with Gasteiger partial charge < -0.3 is 9.64 Å². The molecule has 0 radical (unpaired) electrons. The fourth-order valence-electron chi connectivity index (χ4n) is 4.42. The lowest BCUT2D eigenvalue weighted by Gasteiger charge is -2.27. The van der Waals surface area contributed by atoms with Crippen molar-refractivity contribution in [1.82, 2.24) is 0 Å². The molecule has 2 aliphatic heterocycles. The predicted molar refractivity (Wildman–Crippen MR) is 92.3 cm³/mol. The van der Waals surface area contributed by atoms with Crippen LogP contribution in [0.15, 0.2) is 23.3 Å². The molecule has 3 nitrogen and oxygen atoms in total. The number of likely N-dealkylation sites (tertiary alicyclic amines) is 1. The molecular formula is C20H32NO2+. The number of fused-ring (bicyclic) bond motifs is 1. The summed E-state index contributed by atoms with van der Waals surface area (Å²) in [6.45, 7) is 7.86. The second-order valence-corrected chi connectivity index (χ2v) is 7.83. The number of carbonyl (C=O) groups excluding carboxylic acids is 1. The lowest BCUT2D eigenvalue weighted by Crippen LogP contribution is -3.13. The number of hydrogen-bond acceptors (Lipinski definition) is 2. The minimum Gasteiger partial charge on any atom is -0.457 e. The smallest absolute Gasteiger partial charge is 0.315 e. The second kappa shape index (κ2) is 7.65. The van der Waals surface area contributed by atoms with Gasteiger partial charge in [0.15, 0.2) is 0 Å². The van der Waals surface area contributed by atoms with Crippen LogP contribution in [0.3, 0.4) is 0 Å². The van der Waals surface area contributed by atoms with Gasteiger partial charge in [-0.05, 0) is 64.9 Å². The zero-order chi connectivity index (χ0) is 16.2. The molecule has 3 atom stereocenters. The molecule has 2 heterocycles. The molecule has 1 aliphatic carbocycles. The van der Waals surface area contributed by atoms with Gasteiger partial charge in [-0.1, -0.05) is 17.2 Å². The van der Waals surface area contributed by atoms with E-state index in [0.29, 0.717) is 5.92 Å². The minimum absolute atomic E-state index is 0.0171. The van der Waals surface area contributed by atoms with Crippen LogP contribution < -0.4 is 4.90 Å². The van der Waals surface area contributed by atoms with E-state index in [9.17, 15) is 4.79 Å². The van der Waals surface area contributed by atoms with E-state index in [1.807, 2.05) is 0 Å². The summed E-state index contributed by atoms with van der Waals surface area (Å²) in [5.74, 6) is 0.529. The van der Waals surface area contributed by atoms with Gasteiger partial charge in [0, 0.05) is 5.92 Å². The van der Waals surface area contributed by atoms with Crippen LogP contribution in [0.2, 0.25) is 0 Å². The van der Waals surface area contributed by atoms with E-state index in [0.717, 1.165) is 32.2 Å². The number of quaternary nitrogens is 1. The van der Waals surface area contributed by atoms with Crippen molar-refractivity contribution in [3.05, 3.63) is 23.3 Å². The Labute approximate surface area is 140 Å². The zero-order valence-electron chi connectivity index (χ0n) is 14.8. The van der Waals surface area contributed by atoms with Crippen LogP contribution >= 0.6 is 0 Å². The molecule has 3 aliphatic rings. The van der Waals surface area contributed by atoms with E-state index in [1.54, 1.807) is 4.90 Å². The molecule has 0 spiro atoms. The van der Waals surface area contributed by atoms with Gasteiger partial charge in [-0.15, -0.1) is 0 Å². The highest BCUT2D eigenvalue weighted by atomic mass is 16.6. The fraction of sp³-hybridized carbons (Fsp3) is 0.750. The molecule has 0 aromatic carbocycles. The third-order valence-corrected chi connectivity index (χ3v) is 5.92. The molecule has 0 unspecified atom stereocenters. The van der Waals surface area contributed by atoms with Crippen LogP contribution in [0.5, 0.6) is 0 Å². The summed E-state index contributed by atoms with van der Waals surface area (Å²) in [7, 11) is 0. The summed E-state index contributed by atoms with van der Waals surface area (Å²) in [4.78, 5) is 14.1. The Kier molecular flexibility index (Phi) is 5.58. The first-order valence-electron chi connectivity index (χ1n) is 9.50. The molecule has 2 fully saturated rings. The maximum atomic E-state index is 12.5. The van der Waals surface area contributed by atoms with Crippen molar-refractivity contribution in [1.29, 1.82) is 0 Å². The number of ether oxygens (including phenoxy) is 1. The first kappa shape index (κ1) is 16.8. The van der Waals surface area contributed by atoms with E-state index in [1.165, 1.54) is 43.5 Å². The Morgan fingerprint density at radius 2 is 1.87 bits per heavy atom. The van der Waals surface area contributed by atoms with Crippen molar-refractivity contribution < 1.29 is 14.4 Å². The molecular weight excluding hydrogens is 286 g/mol. The molecule has 1 N–H and O–H groups in total. The number of carbonyl (C=O) groups is 1. The number of piperidine rings is 1. The first-order valence-corrected chi connectivity index (χ1v) is 9.50. The number of nitrogens with one attached hydrogen (secondary N) is 1. The fourth-order valence-corrected chi connectivity index (χ4v) is 4.42. The number of esters is 1. The molecule has 0 amide bonds. The third-order valence-electron chi connectivity index (χ3n) is 5.92. The SMILES string of the molecule is C/C1=C\CC[C@@H]2[C@H](/C=C(\C)CC1)OC(=O)[C@@H]2C[NH+]1CCCCC1. The molecule has 128 valence electrons. The summed E-state index contributed by atoms with van der Waals surface area (Å²) in [6.07, 6.45) is 13.0. The molecule has 2 saturated heterocycles. The van der Waals surface area contributed by atoms with Crippen LogP contribution in [0.4, 0.5) is 0 Å². The summed E-state index contributed by atoms with van der Waals surface area (Å²) < 4.78 is 5.80. The maximum absolute atomic E-state index is 12.5. The van der Waals surface area contributed by atoms with Gasteiger partial charge in [0.2, 0.25) is 0 Å². The van der Waals surface area contributed by atoms with Crippen molar-refractivity contribution in [2.24, 2.45) is 11.8 Å². The van der Waals surface area contributed by atoms with Crippen molar-refractivity contribution in [2.75, 3.05) is 19.6 Å². The summed E-state index contributed by atoms with van der Waals surface area (Å²) in [5.41, 5.74) is 2.85. The van der Waals surface area contributed by atoms with Crippen molar-refractivity contribution in [3.63, 3.8) is 0 Å². The number of allylic oxidation sites excluding steroid dienone is 3. The van der Waals surface area contributed by atoms with Gasteiger partial charge in [0.05, 0.1) is 19.6 Å². The molecule has 0 aromatic rings. The van der Waals surface area contributed by atoms with Gasteiger partial charge in [0.1, 0.15) is 12.0 Å². The Hall–Kier alpha value is -1.09. The largest absolute Gasteiger partial charge is 0.457 e. The quantitative estimate of drug-likeness (QED) is 0.627. The van der Waals surface area contributed by atoms with Crippen LogP contribution in [-0.4, -0.2) is 31.7 Å². The van der Waals surface area contributed by atoms with E-state index in [4.69, 9.17) is 4.74 Å². The van der Waals surface area contributed by atoms with Crippen LogP contribution in [0.1, 0.15) is 58.8 Å². The molecule has 3 heteroatoms. The highest BCUT2D eigenvalue weighted by Gasteiger charge is 2.45. The Morgan fingerprint density at radius 3 is 2.65 bits per heavy atom. The summed E-state index contributed by atoms with van der Waals surface area (Å²) in [6, 6.07) is 0. The zero-order valence-corrected chi connectivity index (χ0v) is 14.8. The Morgan fingerprint density at radius 1 is 1.13 bits per heavy atom. The van der Waals surface area contributed by atoms with E-state index in [2.05, 4.69) is 26.0 Å². The van der Waals surface area contributed by atoms with Crippen molar-refractivity contribution in [3.8, 4) is 0 Å². The molecule has 0 bridgehead atoms. The van der Waals surface area contributed by atoms with E-state index >= 15 is 0 Å². The van der Waals surface area contributed by atoms with Crippen molar-refractivity contribution in [2.45, 2.75) is 64.9 Å². The maximum Gasteiger partial charge on any atom is 0.315 e. The molecule has 0 saturated carbocycles. The van der Waals surface area contributed by atoms with E-state index < -0.39 is 0 Å². The topological polar surface area (TPSA) is 30.7 Å². The van der Waals surface area contributed by atoms with Crippen LogP contribution in [-0.2, 0) is 9.53 Å². The van der Waals surface area contributed by atoms with Gasteiger partial charge in [0.25, 0.3) is 0 Å². The predicted octanol–water partition coefficient (Wildman–Crippen LogP) is 2.68. The Balaban J connectivity index is 1.73. The van der Waals surface area contributed by atoms with Gasteiger partial charge in [-0.2, -0.15) is 0 Å². The normalized spacial score (nSPS) is 38.0. The van der Waals surface area contributed by atoms with Gasteiger partial charge >= 0.3 is 5.97 Å². The van der Waals surface area contributed by atoms with Crippen LogP contribution in [0, 0.1) is 11.8 Å². The second-order valence-electron chi connectivity index (χ2n) is 7.83. The van der Waals surface area contributed by atoms with Crippen molar-refractivity contribution >= 4 is 5.97 Å². The summed E-state index contributed by atoms with van der Waals surface area (Å²) in [5, 5.41) is 0. The van der Waals surface area contributed by atoms with E-state index in [-0.39, 0.29) is 18.0 Å². The van der Waals surface area contributed by atoms with Gasteiger partial charge in [-0.25, -0.2) is 0 Å². The average Bonchev–Trinajstić information content (AvgIpc) is 2.82. The lowest BCUT2D eigenvalue weighted by atomic mass is 9.84. The van der Waals surface area contributed by atoms with Gasteiger partial charge in [-0.3, -0.25) is 4.79 Å². The molecule has 23 heavy (non-hydrogen) atoms. The molecule has 3 rings (SSSR count). The minimum atomic E-state index is 0.0171. The highest BCUT2D eigenvalue weighted by Crippen LogP contribution is 2.34. The first-order chi connectivity index (χ1) is 11.1. The molecule has 0 aromatic heterocycles. The standard InChI is InChI=1S/C20H31NO2/c1-15-7-6-8-17-18(14-21-11-4-3-5-12-21)20(22)23-19(17)13-16(2)10-9-15/h7,13,17-19H,3-6,8-12,14H2,1-2H3/p+1/b15-7+,16-13+/t17-,18+,19-/m0/s1. The highest BCUT2D eigenvalue weighted by molar-refractivity contribution is 5.75. The number of rotatable bonds is 2. The Bertz CT molecular complexity index is 488. The lowest BCUT2D eigenvalue weighted by molar-refractivity contribution is -0.907. The number of hydrogen-bond donors (Lipinski definition) is 1. The monoisotopic (exact) mass is 318 g/mol.